The fourth-order valence-corrected chi connectivity index (χ4v) is 2.63. The third-order valence-corrected chi connectivity index (χ3v) is 3.78. The minimum absolute atomic E-state index is 0.0317. The second kappa shape index (κ2) is 4.84. The van der Waals surface area contributed by atoms with Gasteiger partial charge in [-0.15, -0.1) is 0 Å². The van der Waals surface area contributed by atoms with E-state index in [1.807, 2.05) is 36.4 Å². The Morgan fingerprint density at radius 3 is 2.86 bits per heavy atom. The summed E-state index contributed by atoms with van der Waals surface area (Å²) in [6.45, 7) is 2.06. The average molecular weight is 290 g/mol. The number of nitrogens with zero attached hydrogens (tertiary/aromatic N) is 1. The molecule has 0 aliphatic heterocycles. The Kier molecular flexibility index (Phi) is 2.82. The molecule has 2 heterocycles. The summed E-state index contributed by atoms with van der Waals surface area (Å²) in [6.07, 6.45) is 0.856. The van der Waals surface area contributed by atoms with Gasteiger partial charge in [0.15, 0.2) is 5.43 Å². The second-order valence-corrected chi connectivity index (χ2v) is 5.24. The Labute approximate surface area is 126 Å². The molecule has 4 aromatic rings. The van der Waals surface area contributed by atoms with Crippen LogP contribution in [0.5, 0.6) is 0 Å². The van der Waals surface area contributed by atoms with Gasteiger partial charge in [0.2, 0.25) is 0 Å². The van der Waals surface area contributed by atoms with Crippen LogP contribution in [0.2, 0.25) is 0 Å². The molecule has 0 fully saturated rings. The number of aromatic amines is 1. The minimum Gasteiger partial charge on any atom is -0.456 e. The molecule has 4 nitrogen and oxygen atoms in total. The lowest BCUT2D eigenvalue weighted by Gasteiger charge is -2.03. The molecule has 0 atom stereocenters. The molecular formula is C18H14N2O2. The molecule has 4 rings (SSSR count). The first kappa shape index (κ1) is 12.8. The molecule has 0 unspecified atom stereocenters. The van der Waals surface area contributed by atoms with Gasteiger partial charge in [-0.2, -0.15) is 0 Å². The van der Waals surface area contributed by atoms with Crippen molar-refractivity contribution in [2.45, 2.75) is 13.3 Å². The van der Waals surface area contributed by atoms with E-state index in [0.29, 0.717) is 16.7 Å². The van der Waals surface area contributed by atoms with Crippen molar-refractivity contribution in [3.05, 3.63) is 64.6 Å². The molecule has 108 valence electrons. The molecule has 22 heavy (non-hydrogen) atoms. The fourth-order valence-electron chi connectivity index (χ4n) is 2.63. The summed E-state index contributed by atoms with van der Waals surface area (Å²) in [6, 6.07) is 14.7. The highest BCUT2D eigenvalue weighted by molar-refractivity contribution is 5.83. The van der Waals surface area contributed by atoms with Crippen molar-refractivity contribution in [2.75, 3.05) is 0 Å². The van der Waals surface area contributed by atoms with Crippen LogP contribution < -0.4 is 5.43 Å². The zero-order chi connectivity index (χ0) is 15.1. The van der Waals surface area contributed by atoms with Gasteiger partial charge in [-0.3, -0.25) is 4.79 Å². The van der Waals surface area contributed by atoms with Crippen LogP contribution >= 0.6 is 0 Å². The summed E-state index contributed by atoms with van der Waals surface area (Å²) in [7, 11) is 0. The van der Waals surface area contributed by atoms with E-state index in [4.69, 9.17) is 4.42 Å². The normalized spacial score (nSPS) is 11.3. The van der Waals surface area contributed by atoms with Crippen LogP contribution in [0.25, 0.3) is 33.3 Å². The van der Waals surface area contributed by atoms with Gasteiger partial charge in [-0.1, -0.05) is 19.1 Å². The average Bonchev–Trinajstić information content (AvgIpc) is 2.97. The van der Waals surface area contributed by atoms with Gasteiger partial charge >= 0.3 is 0 Å². The lowest BCUT2D eigenvalue weighted by molar-refractivity contribution is 0.619. The largest absolute Gasteiger partial charge is 0.456 e. The lowest BCUT2D eigenvalue weighted by Crippen LogP contribution is -1.99. The number of rotatable bonds is 2. The predicted octanol–water partition coefficient (Wildman–Crippen LogP) is 3.90. The molecule has 4 heteroatoms. The maximum Gasteiger partial charge on any atom is 0.193 e. The number of aromatic nitrogens is 2. The van der Waals surface area contributed by atoms with Crippen LogP contribution in [0.3, 0.4) is 0 Å². The Balaban J connectivity index is 1.92. The third kappa shape index (κ3) is 2.00. The van der Waals surface area contributed by atoms with Crippen LogP contribution in [-0.4, -0.2) is 9.97 Å². The summed E-state index contributed by atoms with van der Waals surface area (Å²) in [4.78, 5) is 20.0. The van der Waals surface area contributed by atoms with E-state index in [1.165, 1.54) is 0 Å². The Morgan fingerprint density at radius 2 is 2.00 bits per heavy atom. The summed E-state index contributed by atoms with van der Waals surface area (Å²) >= 11 is 0. The summed E-state index contributed by atoms with van der Waals surface area (Å²) in [5.41, 5.74) is 3.30. The molecule has 0 aliphatic rings. The number of benzene rings is 2. The van der Waals surface area contributed by atoms with Crippen molar-refractivity contribution >= 4 is 22.0 Å². The molecule has 0 amide bonds. The lowest BCUT2D eigenvalue weighted by atomic mass is 10.1. The number of hydrogen-bond donors (Lipinski definition) is 1. The highest BCUT2D eigenvalue weighted by Crippen LogP contribution is 2.25. The number of H-pyrrole nitrogens is 1. The van der Waals surface area contributed by atoms with Crippen LogP contribution in [0.1, 0.15) is 12.7 Å². The minimum atomic E-state index is -0.0317. The Morgan fingerprint density at radius 1 is 1.14 bits per heavy atom. The molecule has 0 spiro atoms. The van der Waals surface area contributed by atoms with Crippen molar-refractivity contribution < 1.29 is 4.42 Å². The first-order valence-corrected chi connectivity index (χ1v) is 7.26. The standard InChI is InChI=1S/C18H14N2O2/c1-2-18-19-13-8-7-11(9-14(13)20-18)17-10-15(21)12-5-3-4-6-16(12)22-17/h3-10H,2H2,1H3,(H,19,20). The van der Waals surface area contributed by atoms with Gasteiger partial charge in [0.1, 0.15) is 17.2 Å². The summed E-state index contributed by atoms with van der Waals surface area (Å²) in [5.74, 6) is 1.52. The number of aryl methyl sites for hydroxylation is 1. The molecule has 2 aromatic heterocycles. The third-order valence-electron chi connectivity index (χ3n) is 3.78. The van der Waals surface area contributed by atoms with Gasteiger partial charge in [0.25, 0.3) is 0 Å². The van der Waals surface area contributed by atoms with Gasteiger partial charge in [0.05, 0.1) is 16.4 Å². The summed E-state index contributed by atoms with van der Waals surface area (Å²) < 4.78 is 5.88. The van der Waals surface area contributed by atoms with Gasteiger partial charge in [0, 0.05) is 18.1 Å². The molecule has 0 saturated carbocycles. The topological polar surface area (TPSA) is 58.9 Å². The van der Waals surface area contributed by atoms with Crippen molar-refractivity contribution in [2.24, 2.45) is 0 Å². The number of para-hydroxylation sites is 1. The molecule has 0 aliphatic carbocycles. The van der Waals surface area contributed by atoms with E-state index < -0.39 is 0 Å². The van der Waals surface area contributed by atoms with Crippen molar-refractivity contribution in [3.8, 4) is 11.3 Å². The first-order valence-electron chi connectivity index (χ1n) is 7.26. The molecule has 1 N–H and O–H groups in total. The van der Waals surface area contributed by atoms with Gasteiger partial charge < -0.3 is 9.40 Å². The van der Waals surface area contributed by atoms with E-state index in [-0.39, 0.29) is 5.43 Å². The van der Waals surface area contributed by atoms with Crippen molar-refractivity contribution in [1.82, 2.24) is 9.97 Å². The smallest absolute Gasteiger partial charge is 0.193 e. The molecular weight excluding hydrogens is 276 g/mol. The number of imidazole rings is 1. The predicted molar refractivity (Wildman–Crippen MR) is 86.9 cm³/mol. The van der Waals surface area contributed by atoms with Gasteiger partial charge in [-0.05, 0) is 30.3 Å². The maximum absolute atomic E-state index is 12.2. The van der Waals surface area contributed by atoms with E-state index in [0.717, 1.165) is 28.8 Å². The zero-order valence-corrected chi connectivity index (χ0v) is 12.1. The molecule has 0 bridgehead atoms. The number of hydrogen-bond acceptors (Lipinski definition) is 3. The summed E-state index contributed by atoms with van der Waals surface area (Å²) in [5, 5.41) is 0.599. The van der Waals surface area contributed by atoms with E-state index in [9.17, 15) is 4.79 Å². The monoisotopic (exact) mass is 290 g/mol. The molecule has 0 saturated heterocycles. The first-order chi connectivity index (χ1) is 10.7. The van der Waals surface area contributed by atoms with E-state index >= 15 is 0 Å². The molecule has 0 radical (unpaired) electrons. The zero-order valence-electron chi connectivity index (χ0n) is 12.1. The number of nitrogens with one attached hydrogen (secondary N) is 1. The van der Waals surface area contributed by atoms with Gasteiger partial charge in [-0.25, -0.2) is 4.98 Å². The Hall–Kier alpha value is -2.88. The van der Waals surface area contributed by atoms with Crippen LogP contribution in [-0.2, 0) is 6.42 Å². The van der Waals surface area contributed by atoms with Crippen LogP contribution in [0, 0.1) is 0 Å². The number of fused-ring (bicyclic) bond motifs is 2. The Bertz CT molecular complexity index is 1040. The highest BCUT2D eigenvalue weighted by Gasteiger charge is 2.08. The maximum atomic E-state index is 12.2. The van der Waals surface area contributed by atoms with Crippen LogP contribution in [0.15, 0.2) is 57.7 Å². The van der Waals surface area contributed by atoms with Crippen LogP contribution in [0.4, 0.5) is 0 Å². The van der Waals surface area contributed by atoms with E-state index in [1.54, 1.807) is 12.1 Å². The molecule has 2 aromatic carbocycles. The van der Waals surface area contributed by atoms with Crippen molar-refractivity contribution in [1.29, 1.82) is 0 Å². The highest BCUT2D eigenvalue weighted by atomic mass is 16.3. The SMILES string of the molecule is CCc1nc2ccc(-c3cc(=O)c4ccccc4o3)cc2[nH]1. The fraction of sp³-hybridized carbons (Fsp3) is 0.111. The quantitative estimate of drug-likeness (QED) is 0.609. The van der Waals surface area contributed by atoms with E-state index in [2.05, 4.69) is 16.9 Å². The second-order valence-electron chi connectivity index (χ2n) is 5.24. The van der Waals surface area contributed by atoms with Crippen molar-refractivity contribution in [3.63, 3.8) is 0 Å².